The minimum absolute atomic E-state index is 0.0514. The second-order valence-corrected chi connectivity index (χ2v) is 9.84. The van der Waals surface area contributed by atoms with Gasteiger partial charge in [-0.1, -0.05) is 22.6 Å². The fourth-order valence-corrected chi connectivity index (χ4v) is 6.32. The van der Waals surface area contributed by atoms with Crippen molar-refractivity contribution in [2.75, 3.05) is 0 Å². The normalized spacial score (nSPS) is 29.8. The number of fused-ring (bicyclic) bond motifs is 1. The van der Waals surface area contributed by atoms with Crippen molar-refractivity contribution >= 4 is 51.3 Å². The molecule has 2 saturated heterocycles. The topological polar surface area (TPSA) is 113 Å². The van der Waals surface area contributed by atoms with Crippen molar-refractivity contribution in [3.8, 4) is 0 Å². The number of non-ortho nitro benzene ring substituents is 1. The Morgan fingerprint density at radius 3 is 2.56 bits per heavy atom. The number of amides is 1. The molecule has 2 aliphatic rings. The molecule has 0 unspecified atom stereocenters. The van der Waals surface area contributed by atoms with E-state index in [1.165, 1.54) is 29.2 Å². The average molecular weight is 478 g/mol. The summed E-state index contributed by atoms with van der Waals surface area (Å²) in [6.45, 7) is 3.31. The maximum Gasteiger partial charge on any atom is 0.334 e. The Morgan fingerprint density at radius 1 is 1.40 bits per heavy atom. The summed E-state index contributed by atoms with van der Waals surface area (Å²) in [6.07, 6.45) is 0. The number of carbonyl (C=O) groups excluding carboxylic acids is 2. The maximum atomic E-state index is 12.6. The summed E-state index contributed by atoms with van der Waals surface area (Å²) in [5.41, 5.74) is 0.540. The lowest BCUT2D eigenvalue weighted by Crippen LogP contribution is -2.64. The summed E-state index contributed by atoms with van der Waals surface area (Å²) in [6, 6.07) is 4.76. The fourth-order valence-electron chi connectivity index (χ4n) is 3.04. The van der Waals surface area contributed by atoms with E-state index >= 15 is 0 Å². The molecule has 25 heavy (non-hydrogen) atoms. The van der Waals surface area contributed by atoms with Crippen LogP contribution in [0.4, 0.5) is 5.69 Å². The number of esters is 1. The molecular weight excluding hydrogens is 463 g/mol. The molecule has 134 valence electrons. The van der Waals surface area contributed by atoms with Crippen LogP contribution in [0, 0.1) is 10.1 Å². The minimum Gasteiger partial charge on any atom is -0.614 e. The Balaban J connectivity index is 1.70. The van der Waals surface area contributed by atoms with E-state index in [1.807, 2.05) is 22.6 Å². The van der Waals surface area contributed by atoms with Gasteiger partial charge in [0.25, 0.3) is 5.69 Å². The molecule has 0 aliphatic carbocycles. The minimum atomic E-state index is -1.36. The van der Waals surface area contributed by atoms with E-state index in [4.69, 9.17) is 4.74 Å². The number of nitro benzene ring substituents is 1. The van der Waals surface area contributed by atoms with E-state index in [0.717, 1.165) is 0 Å². The molecule has 0 N–H and O–H groups in total. The highest BCUT2D eigenvalue weighted by Gasteiger charge is 2.72. The molecule has 1 aromatic rings. The Morgan fingerprint density at radius 2 is 2.00 bits per heavy atom. The zero-order valence-electron chi connectivity index (χ0n) is 13.4. The number of carbonyl (C=O) groups is 2. The summed E-state index contributed by atoms with van der Waals surface area (Å²) in [5, 5.41) is 10.2. The molecule has 2 heterocycles. The Labute approximate surface area is 160 Å². The third-order valence-electron chi connectivity index (χ3n) is 4.44. The summed E-state index contributed by atoms with van der Waals surface area (Å²) >= 11 is 0.592. The van der Waals surface area contributed by atoms with Gasteiger partial charge in [-0.15, -0.1) is 0 Å². The second-order valence-electron chi connectivity index (χ2n) is 6.37. The first kappa shape index (κ1) is 18.4. The summed E-state index contributed by atoms with van der Waals surface area (Å²) in [4.78, 5) is 36.1. The lowest BCUT2D eigenvalue weighted by molar-refractivity contribution is -0.384. The number of halogens is 1. The highest BCUT2D eigenvalue weighted by Crippen LogP contribution is 2.48. The molecular formula is C15H15IN2O6S. The second kappa shape index (κ2) is 6.40. The number of β-lactam (4-membered cyclic amide) rings is 1. The number of rotatable bonds is 4. The molecule has 8 nitrogen and oxygen atoms in total. The molecule has 0 spiro atoms. The van der Waals surface area contributed by atoms with Crippen molar-refractivity contribution in [1.82, 2.24) is 4.90 Å². The van der Waals surface area contributed by atoms with Gasteiger partial charge in [-0.05, 0) is 42.7 Å². The molecule has 2 fully saturated rings. The molecule has 1 amide bonds. The van der Waals surface area contributed by atoms with Gasteiger partial charge in [-0.3, -0.25) is 19.8 Å². The third-order valence-corrected chi connectivity index (χ3v) is 8.34. The van der Waals surface area contributed by atoms with Gasteiger partial charge >= 0.3 is 5.97 Å². The summed E-state index contributed by atoms with van der Waals surface area (Å²) in [7, 11) is 0. The quantitative estimate of drug-likeness (QED) is 0.123. The van der Waals surface area contributed by atoms with Crippen LogP contribution in [0.25, 0.3) is 0 Å². The van der Waals surface area contributed by atoms with Crippen LogP contribution in [0.1, 0.15) is 19.4 Å². The zero-order valence-corrected chi connectivity index (χ0v) is 16.4. The first-order valence-electron chi connectivity index (χ1n) is 7.43. The van der Waals surface area contributed by atoms with E-state index in [9.17, 15) is 24.3 Å². The van der Waals surface area contributed by atoms with Crippen molar-refractivity contribution in [1.29, 1.82) is 0 Å². The predicted molar refractivity (Wildman–Crippen MR) is 97.3 cm³/mol. The van der Waals surface area contributed by atoms with Crippen LogP contribution in [0.5, 0.6) is 0 Å². The molecule has 0 saturated carbocycles. The Bertz CT molecular complexity index is 740. The fraction of sp³-hybridized carbons (Fsp3) is 0.467. The number of nitrogens with zero attached hydrogens (tertiary/aromatic N) is 2. The number of alkyl halides is 1. The van der Waals surface area contributed by atoms with Gasteiger partial charge in [0.05, 0.1) is 4.92 Å². The van der Waals surface area contributed by atoms with Gasteiger partial charge in [0.1, 0.15) is 6.61 Å². The van der Waals surface area contributed by atoms with Gasteiger partial charge in [0.2, 0.25) is 11.3 Å². The molecule has 0 aromatic heterocycles. The first-order chi connectivity index (χ1) is 11.7. The molecule has 4 atom stereocenters. The molecule has 0 bridgehead atoms. The van der Waals surface area contributed by atoms with Crippen LogP contribution in [0.15, 0.2) is 24.3 Å². The van der Waals surface area contributed by atoms with Gasteiger partial charge in [0, 0.05) is 12.1 Å². The van der Waals surface area contributed by atoms with Crippen LogP contribution in [0.3, 0.4) is 0 Å². The zero-order chi connectivity index (χ0) is 18.5. The van der Waals surface area contributed by atoms with Crippen LogP contribution in [-0.4, -0.2) is 46.3 Å². The number of hydrogen-bond donors (Lipinski definition) is 0. The number of nitro groups is 1. The van der Waals surface area contributed by atoms with Crippen molar-refractivity contribution in [2.45, 2.75) is 40.5 Å². The molecule has 0 radical (unpaired) electrons. The molecule has 10 heteroatoms. The van der Waals surface area contributed by atoms with E-state index in [1.54, 1.807) is 13.8 Å². The van der Waals surface area contributed by atoms with Crippen LogP contribution < -0.4 is 0 Å². The lowest BCUT2D eigenvalue weighted by atomic mass is 9.98. The van der Waals surface area contributed by atoms with Crippen LogP contribution >= 0.6 is 22.6 Å². The van der Waals surface area contributed by atoms with Gasteiger partial charge < -0.3 is 9.29 Å². The number of benzene rings is 1. The molecule has 1 aromatic carbocycles. The molecule has 3 rings (SSSR count). The van der Waals surface area contributed by atoms with Crippen LogP contribution in [-0.2, 0) is 32.1 Å². The van der Waals surface area contributed by atoms with E-state index in [2.05, 4.69) is 0 Å². The Hall–Kier alpha value is -1.40. The van der Waals surface area contributed by atoms with Crippen molar-refractivity contribution in [2.24, 2.45) is 0 Å². The van der Waals surface area contributed by atoms with Gasteiger partial charge in [-0.25, -0.2) is 4.79 Å². The number of hydrogen-bond acceptors (Lipinski definition) is 6. The molecule has 2 aliphatic heterocycles. The average Bonchev–Trinajstić information content (AvgIpc) is 2.77. The monoisotopic (exact) mass is 478 g/mol. The SMILES string of the molecule is CC1(C)[C@H](C(=O)OCc2ccc([N+](=O)[O-])cc2)N2C(=O)[C@H](I)[C@H]2[S@@+]1[O-]. The summed E-state index contributed by atoms with van der Waals surface area (Å²) in [5.74, 6) is -0.822. The highest BCUT2D eigenvalue weighted by molar-refractivity contribution is 14.1. The predicted octanol–water partition coefficient (Wildman–Crippen LogP) is 1.52. The third kappa shape index (κ3) is 2.89. The van der Waals surface area contributed by atoms with E-state index in [-0.39, 0.29) is 22.1 Å². The van der Waals surface area contributed by atoms with Crippen molar-refractivity contribution in [3.63, 3.8) is 0 Å². The highest BCUT2D eigenvalue weighted by atomic mass is 127. The van der Waals surface area contributed by atoms with E-state index < -0.39 is 38.2 Å². The lowest BCUT2D eigenvalue weighted by Gasteiger charge is -2.38. The van der Waals surface area contributed by atoms with E-state index in [0.29, 0.717) is 5.56 Å². The summed E-state index contributed by atoms with van der Waals surface area (Å²) < 4.78 is 16.6. The standard InChI is InChI=1S/C15H15IN2O6S/c1-15(2)11(17-12(19)10(16)13(17)25(15)23)14(20)24-7-8-3-5-9(6-4-8)18(21)22/h3-6,10-11,13H,7H2,1-2H3/t10-,11-,13+,25+/m0/s1. The first-order valence-corrected chi connectivity index (χ1v) is 9.89. The number of ether oxygens (including phenoxy) is 1. The van der Waals surface area contributed by atoms with Gasteiger partial charge in [-0.2, -0.15) is 0 Å². The largest absolute Gasteiger partial charge is 0.614 e. The van der Waals surface area contributed by atoms with Gasteiger partial charge in [0.15, 0.2) is 14.7 Å². The maximum absolute atomic E-state index is 12.6. The van der Waals surface area contributed by atoms with Crippen molar-refractivity contribution in [3.05, 3.63) is 39.9 Å². The van der Waals surface area contributed by atoms with Crippen LogP contribution in [0.2, 0.25) is 0 Å². The Kier molecular flexibility index (Phi) is 4.71. The smallest absolute Gasteiger partial charge is 0.334 e. The van der Waals surface area contributed by atoms with Crippen molar-refractivity contribution < 1.29 is 23.8 Å².